The number of ether oxygens (including phenoxy) is 3. The third-order valence-electron chi connectivity index (χ3n) is 4.32. The third-order valence-corrected chi connectivity index (χ3v) is 4.32. The van der Waals surface area contributed by atoms with Gasteiger partial charge in [0.25, 0.3) is 0 Å². The lowest BCUT2D eigenvalue weighted by molar-refractivity contribution is 0.104. The van der Waals surface area contributed by atoms with E-state index in [1.807, 2.05) is 65.0 Å². The first-order valence-corrected chi connectivity index (χ1v) is 10.8. The van der Waals surface area contributed by atoms with Crippen molar-refractivity contribution in [1.29, 1.82) is 0 Å². The van der Waals surface area contributed by atoms with Crippen LogP contribution in [0.25, 0.3) is 6.08 Å². The number of allylic oxidation sites excluding steroid dienone is 1. The molecule has 0 N–H and O–H groups in total. The van der Waals surface area contributed by atoms with Crippen LogP contribution in [0.15, 0.2) is 42.5 Å². The molecule has 0 amide bonds. The highest BCUT2D eigenvalue weighted by Gasteiger charge is 2.14. The summed E-state index contributed by atoms with van der Waals surface area (Å²) in [6.07, 6.45) is 5.42. The van der Waals surface area contributed by atoms with Crippen molar-refractivity contribution in [2.45, 2.75) is 66.6 Å². The predicted octanol–water partition coefficient (Wildman–Crippen LogP) is 6.51. The van der Waals surface area contributed by atoms with E-state index < -0.39 is 0 Å². The molecule has 0 fully saturated rings. The standard InChI is InChI=1S/C26H34O4/c1-7-9-24-21(16-23(29-18(3)4)17-26(24)30-19(5)6)12-15-25(27)20-10-13-22(14-11-20)28-8-2/h10-19H,7-9H2,1-6H3. The van der Waals surface area contributed by atoms with Crippen molar-refractivity contribution >= 4 is 11.9 Å². The predicted molar refractivity (Wildman–Crippen MR) is 123 cm³/mol. The summed E-state index contributed by atoms with van der Waals surface area (Å²) in [4.78, 5) is 12.7. The number of hydrogen-bond acceptors (Lipinski definition) is 4. The van der Waals surface area contributed by atoms with Crippen molar-refractivity contribution in [2.24, 2.45) is 0 Å². The Labute approximate surface area is 180 Å². The molecule has 30 heavy (non-hydrogen) atoms. The lowest BCUT2D eigenvalue weighted by atomic mass is 9.99. The second-order valence-corrected chi connectivity index (χ2v) is 7.73. The maximum Gasteiger partial charge on any atom is 0.185 e. The first-order valence-electron chi connectivity index (χ1n) is 10.8. The van der Waals surface area contributed by atoms with E-state index in [1.54, 1.807) is 18.2 Å². The summed E-state index contributed by atoms with van der Waals surface area (Å²) in [5.41, 5.74) is 2.67. The van der Waals surface area contributed by atoms with Crippen LogP contribution in [0.2, 0.25) is 0 Å². The fourth-order valence-electron chi connectivity index (χ4n) is 3.15. The molecule has 0 atom stereocenters. The Bertz CT molecular complexity index is 848. The molecule has 0 aliphatic heterocycles. The molecule has 2 aromatic rings. The van der Waals surface area contributed by atoms with E-state index in [1.165, 1.54) is 0 Å². The van der Waals surface area contributed by atoms with Gasteiger partial charge in [-0.2, -0.15) is 0 Å². The third kappa shape index (κ3) is 6.94. The Morgan fingerprint density at radius 2 is 1.60 bits per heavy atom. The minimum Gasteiger partial charge on any atom is -0.494 e. The fraction of sp³-hybridized carbons (Fsp3) is 0.423. The van der Waals surface area contributed by atoms with E-state index in [0.29, 0.717) is 12.2 Å². The lowest BCUT2D eigenvalue weighted by Gasteiger charge is -2.19. The lowest BCUT2D eigenvalue weighted by Crippen LogP contribution is -2.10. The van der Waals surface area contributed by atoms with Gasteiger partial charge >= 0.3 is 0 Å². The zero-order chi connectivity index (χ0) is 22.1. The van der Waals surface area contributed by atoms with Gasteiger partial charge in [-0.3, -0.25) is 4.79 Å². The van der Waals surface area contributed by atoms with E-state index >= 15 is 0 Å². The largest absolute Gasteiger partial charge is 0.494 e. The highest BCUT2D eigenvalue weighted by molar-refractivity contribution is 6.07. The molecule has 4 nitrogen and oxygen atoms in total. The van der Waals surface area contributed by atoms with Crippen molar-refractivity contribution in [3.63, 3.8) is 0 Å². The second-order valence-electron chi connectivity index (χ2n) is 7.73. The van der Waals surface area contributed by atoms with E-state index in [9.17, 15) is 4.79 Å². The van der Waals surface area contributed by atoms with Crippen LogP contribution in [0.5, 0.6) is 17.2 Å². The summed E-state index contributed by atoms with van der Waals surface area (Å²) in [5, 5.41) is 0. The maximum atomic E-state index is 12.7. The summed E-state index contributed by atoms with van der Waals surface area (Å²) in [6.45, 7) is 12.7. The van der Waals surface area contributed by atoms with Crippen molar-refractivity contribution in [2.75, 3.05) is 6.61 Å². The number of hydrogen-bond donors (Lipinski definition) is 0. The van der Waals surface area contributed by atoms with Crippen LogP contribution in [-0.4, -0.2) is 24.6 Å². The van der Waals surface area contributed by atoms with Gasteiger partial charge < -0.3 is 14.2 Å². The Balaban J connectivity index is 2.37. The topological polar surface area (TPSA) is 44.8 Å². The van der Waals surface area contributed by atoms with Gasteiger partial charge in [-0.1, -0.05) is 19.4 Å². The van der Waals surface area contributed by atoms with Crippen molar-refractivity contribution in [1.82, 2.24) is 0 Å². The summed E-state index contributed by atoms with van der Waals surface area (Å²) >= 11 is 0. The van der Waals surface area contributed by atoms with Crippen molar-refractivity contribution in [3.8, 4) is 17.2 Å². The van der Waals surface area contributed by atoms with Crippen LogP contribution < -0.4 is 14.2 Å². The van der Waals surface area contributed by atoms with Crippen LogP contribution in [0.1, 0.15) is 69.4 Å². The number of benzene rings is 2. The molecule has 162 valence electrons. The zero-order valence-electron chi connectivity index (χ0n) is 19.0. The van der Waals surface area contributed by atoms with Gasteiger partial charge in [-0.25, -0.2) is 0 Å². The second kappa shape index (κ2) is 11.4. The van der Waals surface area contributed by atoms with Gasteiger partial charge in [0.15, 0.2) is 5.78 Å². The van der Waals surface area contributed by atoms with Crippen molar-refractivity contribution in [3.05, 3.63) is 59.2 Å². The van der Waals surface area contributed by atoms with Gasteiger partial charge in [0.1, 0.15) is 17.2 Å². The summed E-state index contributed by atoms with van der Waals surface area (Å²) < 4.78 is 17.4. The summed E-state index contributed by atoms with van der Waals surface area (Å²) in [6, 6.07) is 11.2. The summed E-state index contributed by atoms with van der Waals surface area (Å²) in [5.74, 6) is 2.27. The highest BCUT2D eigenvalue weighted by Crippen LogP contribution is 2.32. The number of carbonyl (C=O) groups excluding carboxylic acids is 1. The normalized spacial score (nSPS) is 11.3. The van der Waals surface area contributed by atoms with E-state index in [2.05, 4.69) is 6.92 Å². The molecule has 0 unspecified atom stereocenters. The molecule has 0 aliphatic carbocycles. The number of rotatable bonds is 11. The molecule has 0 spiro atoms. The minimum absolute atomic E-state index is 0.0521. The molecular weight excluding hydrogens is 376 g/mol. The number of carbonyl (C=O) groups is 1. The average Bonchev–Trinajstić information content (AvgIpc) is 2.68. The quantitative estimate of drug-likeness (QED) is 0.313. The van der Waals surface area contributed by atoms with Gasteiger partial charge in [-0.15, -0.1) is 0 Å². The Morgan fingerprint density at radius 1 is 0.933 bits per heavy atom. The van der Waals surface area contributed by atoms with Crippen LogP contribution in [0.4, 0.5) is 0 Å². The van der Waals surface area contributed by atoms with Gasteiger partial charge in [0.2, 0.25) is 0 Å². The smallest absolute Gasteiger partial charge is 0.185 e. The molecule has 2 aromatic carbocycles. The molecule has 0 saturated carbocycles. The number of ketones is 1. The van der Waals surface area contributed by atoms with E-state index in [4.69, 9.17) is 14.2 Å². The molecular formula is C26H34O4. The first kappa shape index (κ1) is 23.5. The average molecular weight is 411 g/mol. The van der Waals surface area contributed by atoms with Crippen molar-refractivity contribution < 1.29 is 19.0 Å². The van der Waals surface area contributed by atoms with Gasteiger partial charge in [-0.05, 0) is 83.0 Å². The Hall–Kier alpha value is -2.75. The molecule has 0 aliphatic rings. The van der Waals surface area contributed by atoms with Crippen LogP contribution in [0, 0.1) is 0 Å². The monoisotopic (exact) mass is 410 g/mol. The molecule has 4 heteroatoms. The minimum atomic E-state index is -0.0537. The Kier molecular flexibility index (Phi) is 8.97. The first-order chi connectivity index (χ1) is 14.3. The molecule has 0 saturated heterocycles. The maximum absolute atomic E-state index is 12.7. The van der Waals surface area contributed by atoms with E-state index in [-0.39, 0.29) is 18.0 Å². The van der Waals surface area contributed by atoms with Crippen LogP contribution in [-0.2, 0) is 6.42 Å². The molecule has 2 rings (SSSR count). The molecule has 0 bridgehead atoms. The highest BCUT2D eigenvalue weighted by atomic mass is 16.5. The summed E-state index contributed by atoms with van der Waals surface area (Å²) in [7, 11) is 0. The van der Waals surface area contributed by atoms with E-state index in [0.717, 1.165) is 41.2 Å². The Morgan fingerprint density at radius 3 is 2.17 bits per heavy atom. The van der Waals surface area contributed by atoms with Crippen LogP contribution in [0.3, 0.4) is 0 Å². The SMILES string of the molecule is CCCc1c(C=CC(=O)c2ccc(OCC)cc2)cc(OC(C)C)cc1OC(C)C. The van der Waals surface area contributed by atoms with Gasteiger partial charge in [0, 0.05) is 17.2 Å². The molecule has 0 aromatic heterocycles. The fourth-order valence-corrected chi connectivity index (χ4v) is 3.15. The molecule has 0 radical (unpaired) electrons. The molecule has 0 heterocycles. The van der Waals surface area contributed by atoms with Gasteiger partial charge in [0.05, 0.1) is 18.8 Å². The zero-order valence-corrected chi connectivity index (χ0v) is 19.0. The van der Waals surface area contributed by atoms with Crippen LogP contribution >= 0.6 is 0 Å².